The number of ether oxygens (including phenoxy) is 1. The van der Waals surface area contributed by atoms with Crippen LogP contribution in [0, 0.1) is 5.92 Å². The first-order valence-corrected chi connectivity index (χ1v) is 8.65. The second-order valence-corrected chi connectivity index (χ2v) is 6.23. The summed E-state index contributed by atoms with van der Waals surface area (Å²) in [7, 11) is 0. The molecule has 134 valence electrons. The summed E-state index contributed by atoms with van der Waals surface area (Å²) in [6, 6.07) is 8.29. The van der Waals surface area contributed by atoms with Crippen LogP contribution in [0.5, 0.6) is 0 Å². The Balaban J connectivity index is 1.43. The van der Waals surface area contributed by atoms with Gasteiger partial charge in [-0.15, -0.1) is 0 Å². The van der Waals surface area contributed by atoms with Crippen LogP contribution < -0.4 is 10.2 Å². The Morgan fingerprint density at radius 1 is 1.32 bits per heavy atom. The highest BCUT2D eigenvalue weighted by Gasteiger charge is 2.28. The molecule has 0 atom stereocenters. The number of anilines is 1. The smallest absolute Gasteiger partial charge is 0.309 e. The number of nitrogens with one attached hydrogen (secondary N) is 1. The lowest BCUT2D eigenvalue weighted by Crippen LogP contribution is -2.37. The van der Waals surface area contributed by atoms with E-state index in [2.05, 4.69) is 15.2 Å². The molecule has 1 fully saturated rings. The van der Waals surface area contributed by atoms with Crippen molar-refractivity contribution < 1.29 is 18.7 Å². The van der Waals surface area contributed by atoms with Crippen molar-refractivity contribution >= 4 is 29.0 Å². The minimum atomic E-state index is -0.153. The van der Waals surface area contributed by atoms with E-state index in [1.54, 1.807) is 0 Å². The van der Waals surface area contributed by atoms with Crippen molar-refractivity contribution in [2.24, 2.45) is 5.92 Å². The zero-order valence-corrected chi connectivity index (χ0v) is 14.4. The molecule has 7 heteroatoms. The Hall–Kier alpha value is -2.57. The van der Waals surface area contributed by atoms with Gasteiger partial charge in [0.2, 0.25) is 5.91 Å². The highest BCUT2D eigenvalue weighted by Crippen LogP contribution is 2.26. The van der Waals surface area contributed by atoms with Gasteiger partial charge in [-0.05, 0) is 31.4 Å². The molecular formula is C18H23N3O4. The summed E-state index contributed by atoms with van der Waals surface area (Å²) in [6.45, 7) is 3.77. The molecule has 1 aliphatic heterocycles. The van der Waals surface area contributed by atoms with E-state index in [1.165, 1.54) is 6.92 Å². The summed E-state index contributed by atoms with van der Waals surface area (Å²) < 4.78 is 11.1. The lowest BCUT2D eigenvalue weighted by molar-refractivity contribution is -0.149. The van der Waals surface area contributed by atoms with E-state index >= 15 is 0 Å². The van der Waals surface area contributed by atoms with Crippen LogP contribution >= 0.6 is 0 Å². The maximum atomic E-state index is 12.1. The Morgan fingerprint density at radius 3 is 2.80 bits per heavy atom. The molecular weight excluding hydrogens is 322 g/mol. The van der Waals surface area contributed by atoms with Gasteiger partial charge in [0.1, 0.15) is 5.52 Å². The van der Waals surface area contributed by atoms with Gasteiger partial charge in [-0.3, -0.25) is 9.59 Å². The number of amides is 1. The molecule has 1 N–H and O–H groups in total. The van der Waals surface area contributed by atoms with E-state index in [9.17, 15) is 9.59 Å². The Bertz CT molecular complexity index is 702. The van der Waals surface area contributed by atoms with Crippen molar-refractivity contribution in [3.8, 4) is 0 Å². The fraction of sp³-hybridized carbons (Fsp3) is 0.500. The number of benzene rings is 1. The zero-order valence-electron chi connectivity index (χ0n) is 14.4. The fourth-order valence-corrected chi connectivity index (χ4v) is 2.93. The maximum absolute atomic E-state index is 12.1. The second-order valence-electron chi connectivity index (χ2n) is 6.23. The zero-order chi connectivity index (χ0) is 17.6. The number of fused-ring (bicyclic) bond motifs is 1. The van der Waals surface area contributed by atoms with Crippen molar-refractivity contribution in [3.05, 3.63) is 24.3 Å². The van der Waals surface area contributed by atoms with Crippen molar-refractivity contribution in [1.29, 1.82) is 0 Å². The van der Waals surface area contributed by atoms with Gasteiger partial charge in [-0.1, -0.05) is 12.1 Å². The first-order chi connectivity index (χ1) is 12.1. The van der Waals surface area contributed by atoms with Gasteiger partial charge in [-0.2, -0.15) is 4.98 Å². The topological polar surface area (TPSA) is 84.7 Å². The van der Waals surface area contributed by atoms with E-state index < -0.39 is 0 Å². The number of hydrogen-bond donors (Lipinski definition) is 1. The molecule has 2 aromatic rings. The Labute approximate surface area is 146 Å². The number of aromatic nitrogens is 1. The number of oxazole rings is 1. The van der Waals surface area contributed by atoms with Crippen LogP contribution in [0.3, 0.4) is 0 Å². The molecule has 1 aromatic carbocycles. The number of esters is 1. The van der Waals surface area contributed by atoms with Gasteiger partial charge in [0.05, 0.1) is 12.5 Å². The number of carbonyl (C=O) groups excluding carboxylic acids is 2. The van der Waals surface area contributed by atoms with Crippen LogP contribution in [0.4, 0.5) is 6.01 Å². The van der Waals surface area contributed by atoms with Crippen LogP contribution in [0.25, 0.3) is 11.1 Å². The number of rotatable bonds is 6. The van der Waals surface area contributed by atoms with Crippen LogP contribution in [-0.4, -0.2) is 43.1 Å². The molecule has 0 saturated carbocycles. The summed E-state index contributed by atoms with van der Waals surface area (Å²) in [4.78, 5) is 29.4. The molecule has 0 bridgehead atoms. The van der Waals surface area contributed by atoms with Crippen LogP contribution in [0.15, 0.2) is 28.7 Å². The predicted molar refractivity (Wildman–Crippen MR) is 93.2 cm³/mol. The third-order valence-corrected chi connectivity index (χ3v) is 4.32. The SMILES string of the molecule is CC(=O)NCCCOC(=O)C1CCN(c2nc3ccccc3o2)CC1. The molecule has 1 amide bonds. The first-order valence-electron chi connectivity index (χ1n) is 8.65. The van der Waals surface area contributed by atoms with E-state index in [-0.39, 0.29) is 17.8 Å². The lowest BCUT2D eigenvalue weighted by Gasteiger charge is -2.29. The molecule has 25 heavy (non-hydrogen) atoms. The van der Waals surface area contributed by atoms with Gasteiger partial charge < -0.3 is 19.4 Å². The minimum absolute atomic E-state index is 0.0714. The molecule has 0 unspecified atom stereocenters. The number of para-hydroxylation sites is 2. The highest BCUT2D eigenvalue weighted by atomic mass is 16.5. The molecule has 7 nitrogen and oxygen atoms in total. The van der Waals surface area contributed by atoms with Gasteiger partial charge in [-0.25, -0.2) is 0 Å². The molecule has 0 radical (unpaired) electrons. The number of carbonyl (C=O) groups is 2. The van der Waals surface area contributed by atoms with E-state index in [0.29, 0.717) is 25.6 Å². The average Bonchev–Trinajstić information content (AvgIpc) is 3.05. The number of piperidine rings is 1. The van der Waals surface area contributed by atoms with Crippen molar-refractivity contribution in [1.82, 2.24) is 10.3 Å². The summed E-state index contributed by atoms with van der Waals surface area (Å²) in [5, 5.41) is 2.68. The quantitative estimate of drug-likeness (QED) is 0.638. The predicted octanol–water partition coefficient (Wildman–Crippen LogP) is 2.11. The summed E-state index contributed by atoms with van der Waals surface area (Å²) >= 11 is 0. The molecule has 1 aliphatic rings. The fourth-order valence-electron chi connectivity index (χ4n) is 2.93. The minimum Gasteiger partial charge on any atom is -0.465 e. The third-order valence-electron chi connectivity index (χ3n) is 4.32. The standard InChI is InChI=1S/C18H23N3O4/c1-13(22)19-9-4-12-24-17(23)14-7-10-21(11-8-14)18-20-15-5-2-3-6-16(15)25-18/h2-3,5-6,14H,4,7-12H2,1H3,(H,19,22). The van der Waals surface area contributed by atoms with E-state index in [1.807, 2.05) is 24.3 Å². The molecule has 1 saturated heterocycles. The highest BCUT2D eigenvalue weighted by molar-refractivity contribution is 5.75. The maximum Gasteiger partial charge on any atom is 0.309 e. The Morgan fingerprint density at radius 2 is 2.08 bits per heavy atom. The molecule has 0 aliphatic carbocycles. The summed E-state index contributed by atoms with van der Waals surface area (Å²) in [5.41, 5.74) is 1.62. The van der Waals surface area contributed by atoms with Gasteiger partial charge in [0, 0.05) is 26.6 Å². The first kappa shape index (κ1) is 17.3. The largest absolute Gasteiger partial charge is 0.465 e. The van der Waals surface area contributed by atoms with E-state index in [0.717, 1.165) is 37.0 Å². The molecule has 1 aromatic heterocycles. The number of nitrogens with zero attached hydrogens (tertiary/aromatic N) is 2. The lowest BCUT2D eigenvalue weighted by atomic mass is 9.97. The van der Waals surface area contributed by atoms with Crippen LogP contribution in [-0.2, 0) is 14.3 Å². The summed E-state index contributed by atoms with van der Waals surface area (Å²) in [6.07, 6.45) is 2.08. The monoisotopic (exact) mass is 345 g/mol. The molecule has 2 heterocycles. The van der Waals surface area contributed by atoms with Gasteiger partial charge >= 0.3 is 5.97 Å². The van der Waals surface area contributed by atoms with Crippen molar-refractivity contribution in [2.45, 2.75) is 26.2 Å². The van der Waals surface area contributed by atoms with Crippen LogP contribution in [0.1, 0.15) is 26.2 Å². The number of hydrogen-bond acceptors (Lipinski definition) is 6. The van der Waals surface area contributed by atoms with Gasteiger partial charge in [0.25, 0.3) is 6.01 Å². The third kappa shape index (κ3) is 4.49. The summed E-state index contributed by atoms with van der Waals surface area (Å²) in [5.74, 6) is -0.306. The van der Waals surface area contributed by atoms with Gasteiger partial charge in [0.15, 0.2) is 5.58 Å². The molecule has 0 spiro atoms. The van der Waals surface area contributed by atoms with Crippen molar-refractivity contribution in [2.75, 3.05) is 31.1 Å². The van der Waals surface area contributed by atoms with Crippen LogP contribution in [0.2, 0.25) is 0 Å². The van der Waals surface area contributed by atoms with E-state index in [4.69, 9.17) is 9.15 Å². The second kappa shape index (κ2) is 8.00. The normalized spacial score (nSPS) is 15.3. The Kier molecular flexibility index (Phi) is 5.53. The van der Waals surface area contributed by atoms with Crippen molar-refractivity contribution in [3.63, 3.8) is 0 Å². The molecule has 3 rings (SSSR count). The average molecular weight is 345 g/mol.